The van der Waals surface area contributed by atoms with Gasteiger partial charge in [-0.1, -0.05) is 24.3 Å². The van der Waals surface area contributed by atoms with Crippen molar-refractivity contribution in [2.45, 2.75) is 6.92 Å². The van der Waals surface area contributed by atoms with E-state index in [0.29, 0.717) is 29.4 Å². The van der Waals surface area contributed by atoms with Crippen LogP contribution in [0.25, 0.3) is 6.08 Å². The van der Waals surface area contributed by atoms with Gasteiger partial charge in [0.25, 0.3) is 0 Å². The van der Waals surface area contributed by atoms with Crippen LogP contribution < -0.4 is 14.2 Å². The van der Waals surface area contributed by atoms with Crippen molar-refractivity contribution in [1.29, 1.82) is 10.5 Å². The predicted octanol–water partition coefficient (Wildman–Crippen LogP) is 3.50. The van der Waals surface area contributed by atoms with E-state index in [9.17, 15) is 4.79 Å². The molecular weight excluding hydrogens is 332 g/mol. The summed E-state index contributed by atoms with van der Waals surface area (Å²) < 4.78 is 16.1. The van der Waals surface area contributed by atoms with Crippen molar-refractivity contribution in [2.24, 2.45) is 0 Å². The number of benzene rings is 2. The first-order valence-electron chi connectivity index (χ1n) is 7.83. The van der Waals surface area contributed by atoms with Gasteiger partial charge < -0.3 is 14.2 Å². The minimum Gasteiger partial charge on any atom is -0.490 e. The van der Waals surface area contributed by atoms with Gasteiger partial charge in [0.1, 0.15) is 23.5 Å². The maximum Gasteiger partial charge on any atom is 0.349 e. The van der Waals surface area contributed by atoms with Gasteiger partial charge in [0.05, 0.1) is 6.61 Å². The van der Waals surface area contributed by atoms with E-state index in [1.807, 2.05) is 13.0 Å². The zero-order valence-corrected chi connectivity index (χ0v) is 14.1. The Hall–Kier alpha value is -3.77. The van der Waals surface area contributed by atoms with Crippen LogP contribution in [-0.4, -0.2) is 19.2 Å². The second-order valence-electron chi connectivity index (χ2n) is 4.99. The highest BCUT2D eigenvalue weighted by Gasteiger charge is 2.09. The van der Waals surface area contributed by atoms with Gasteiger partial charge in [0.2, 0.25) is 0 Å². The van der Waals surface area contributed by atoms with E-state index in [1.54, 1.807) is 54.6 Å². The van der Waals surface area contributed by atoms with E-state index in [2.05, 4.69) is 0 Å². The van der Waals surface area contributed by atoms with Crippen molar-refractivity contribution in [3.8, 4) is 29.4 Å². The van der Waals surface area contributed by atoms with Crippen LogP contribution in [0.2, 0.25) is 0 Å². The number of carbonyl (C=O) groups is 1. The number of hydrogen-bond donors (Lipinski definition) is 0. The first kappa shape index (κ1) is 18.6. The fourth-order valence-electron chi connectivity index (χ4n) is 2.03. The molecule has 6 nitrogen and oxygen atoms in total. The van der Waals surface area contributed by atoms with Crippen LogP contribution in [-0.2, 0) is 4.79 Å². The minimum absolute atomic E-state index is 0.00360. The smallest absolute Gasteiger partial charge is 0.349 e. The second kappa shape index (κ2) is 9.51. The third-order valence-electron chi connectivity index (χ3n) is 3.16. The molecule has 2 aromatic carbocycles. The molecule has 0 fully saturated rings. The number of nitrogens with zero attached hydrogens (tertiary/aromatic N) is 2. The normalized spacial score (nSPS) is 9.35. The molecule has 0 unspecified atom stereocenters. The lowest BCUT2D eigenvalue weighted by Gasteiger charge is -2.11. The largest absolute Gasteiger partial charge is 0.490 e. The molecule has 130 valence electrons. The molecule has 0 aliphatic rings. The van der Waals surface area contributed by atoms with Crippen LogP contribution in [0, 0.1) is 22.7 Å². The van der Waals surface area contributed by atoms with Gasteiger partial charge in [-0.05, 0) is 42.8 Å². The van der Waals surface area contributed by atoms with Crippen LogP contribution in [0.4, 0.5) is 0 Å². The number of esters is 1. The average molecular weight is 348 g/mol. The monoisotopic (exact) mass is 348 g/mol. The molecule has 0 saturated heterocycles. The van der Waals surface area contributed by atoms with Crippen molar-refractivity contribution in [3.05, 3.63) is 59.7 Å². The van der Waals surface area contributed by atoms with Gasteiger partial charge in [-0.15, -0.1) is 0 Å². The van der Waals surface area contributed by atoms with Crippen LogP contribution in [0.5, 0.6) is 17.2 Å². The standard InChI is InChI=1S/C20H16N2O4/c1-2-24-18-5-3-4-6-19(18)25-14-20(23)26-17-9-7-15(8-10-17)11-16(12-21)13-22/h3-11H,2,14H2,1H3. The van der Waals surface area contributed by atoms with E-state index in [4.69, 9.17) is 24.7 Å². The Labute approximate surface area is 151 Å². The van der Waals surface area contributed by atoms with Crippen LogP contribution in [0.1, 0.15) is 12.5 Å². The third-order valence-corrected chi connectivity index (χ3v) is 3.16. The van der Waals surface area contributed by atoms with Gasteiger partial charge >= 0.3 is 5.97 Å². The number of ether oxygens (including phenoxy) is 3. The van der Waals surface area contributed by atoms with E-state index in [0.717, 1.165) is 0 Å². The summed E-state index contributed by atoms with van der Waals surface area (Å²) in [6, 6.07) is 17.1. The zero-order valence-electron chi connectivity index (χ0n) is 14.1. The van der Waals surface area contributed by atoms with Crippen molar-refractivity contribution >= 4 is 12.0 Å². The van der Waals surface area contributed by atoms with Gasteiger partial charge in [0, 0.05) is 0 Å². The summed E-state index contributed by atoms with van der Waals surface area (Å²) in [5, 5.41) is 17.5. The summed E-state index contributed by atoms with van der Waals surface area (Å²) in [4.78, 5) is 11.9. The van der Waals surface area contributed by atoms with Gasteiger partial charge in [-0.25, -0.2) is 4.79 Å². The Morgan fingerprint density at radius 3 is 2.19 bits per heavy atom. The molecule has 0 saturated carbocycles. The second-order valence-corrected chi connectivity index (χ2v) is 4.99. The Bertz CT molecular complexity index is 858. The number of para-hydroxylation sites is 2. The molecule has 0 bridgehead atoms. The molecule has 0 aliphatic carbocycles. The number of rotatable bonds is 7. The van der Waals surface area contributed by atoms with E-state index in [-0.39, 0.29) is 12.2 Å². The first-order valence-corrected chi connectivity index (χ1v) is 7.83. The summed E-state index contributed by atoms with van der Waals surface area (Å²) in [5.74, 6) is 0.802. The molecule has 0 atom stereocenters. The zero-order chi connectivity index (χ0) is 18.8. The summed E-state index contributed by atoms with van der Waals surface area (Å²) in [7, 11) is 0. The van der Waals surface area contributed by atoms with Crippen molar-refractivity contribution in [1.82, 2.24) is 0 Å². The van der Waals surface area contributed by atoms with E-state index >= 15 is 0 Å². The molecule has 26 heavy (non-hydrogen) atoms. The molecule has 0 heterocycles. The maximum absolute atomic E-state index is 11.9. The summed E-state index contributed by atoms with van der Waals surface area (Å²) in [6.45, 7) is 2.09. The number of carbonyl (C=O) groups excluding carboxylic acids is 1. The highest BCUT2D eigenvalue weighted by molar-refractivity contribution is 5.74. The quantitative estimate of drug-likeness (QED) is 0.432. The Morgan fingerprint density at radius 1 is 1.00 bits per heavy atom. The van der Waals surface area contributed by atoms with Gasteiger partial charge in [-0.3, -0.25) is 0 Å². The highest BCUT2D eigenvalue weighted by atomic mass is 16.6. The Kier molecular flexibility index (Phi) is 6.79. The lowest BCUT2D eigenvalue weighted by atomic mass is 10.1. The summed E-state index contributed by atoms with van der Waals surface area (Å²) >= 11 is 0. The Morgan fingerprint density at radius 2 is 1.62 bits per heavy atom. The van der Waals surface area contributed by atoms with Crippen LogP contribution >= 0.6 is 0 Å². The minimum atomic E-state index is -0.561. The molecule has 0 amide bonds. The number of hydrogen-bond acceptors (Lipinski definition) is 6. The number of nitriles is 2. The first-order chi connectivity index (χ1) is 12.7. The number of allylic oxidation sites excluding steroid dienone is 1. The Balaban J connectivity index is 1.94. The van der Waals surface area contributed by atoms with Crippen LogP contribution in [0.15, 0.2) is 54.1 Å². The topological polar surface area (TPSA) is 92.3 Å². The van der Waals surface area contributed by atoms with E-state index < -0.39 is 5.97 Å². The van der Waals surface area contributed by atoms with Crippen molar-refractivity contribution in [3.63, 3.8) is 0 Å². The fraction of sp³-hybridized carbons (Fsp3) is 0.150. The SMILES string of the molecule is CCOc1ccccc1OCC(=O)Oc1ccc(C=C(C#N)C#N)cc1. The summed E-state index contributed by atoms with van der Waals surface area (Å²) in [6.07, 6.45) is 1.44. The third kappa shape index (κ3) is 5.40. The molecule has 0 radical (unpaired) electrons. The lowest BCUT2D eigenvalue weighted by molar-refractivity contribution is -0.136. The molecule has 6 heteroatoms. The summed E-state index contributed by atoms with van der Waals surface area (Å²) in [5.41, 5.74) is 0.654. The molecule has 0 spiro atoms. The van der Waals surface area contributed by atoms with Crippen molar-refractivity contribution in [2.75, 3.05) is 13.2 Å². The maximum atomic E-state index is 11.9. The average Bonchev–Trinajstić information content (AvgIpc) is 2.67. The molecule has 0 aliphatic heterocycles. The molecular formula is C20H16N2O4. The van der Waals surface area contributed by atoms with Gasteiger partial charge in [-0.2, -0.15) is 10.5 Å². The highest BCUT2D eigenvalue weighted by Crippen LogP contribution is 2.26. The predicted molar refractivity (Wildman–Crippen MR) is 94.4 cm³/mol. The molecule has 2 aromatic rings. The van der Waals surface area contributed by atoms with Crippen LogP contribution in [0.3, 0.4) is 0 Å². The molecule has 2 rings (SSSR count). The van der Waals surface area contributed by atoms with Crippen molar-refractivity contribution < 1.29 is 19.0 Å². The fourth-order valence-corrected chi connectivity index (χ4v) is 2.03. The van der Waals surface area contributed by atoms with E-state index in [1.165, 1.54) is 6.08 Å². The molecule has 0 aromatic heterocycles. The lowest BCUT2D eigenvalue weighted by Crippen LogP contribution is -2.18. The van der Waals surface area contributed by atoms with Gasteiger partial charge in [0.15, 0.2) is 18.1 Å². The molecule has 0 N–H and O–H groups in total.